The molecule has 0 saturated carbocycles. The van der Waals surface area contributed by atoms with Gasteiger partial charge in [-0.25, -0.2) is 0 Å². The predicted octanol–water partition coefficient (Wildman–Crippen LogP) is 3.00. The molecule has 1 nitrogen and oxygen atoms in total. The van der Waals surface area contributed by atoms with Crippen molar-refractivity contribution in [1.82, 2.24) is 0 Å². The van der Waals surface area contributed by atoms with Crippen molar-refractivity contribution in [1.29, 1.82) is 0 Å². The molecule has 0 aliphatic heterocycles. The SMILES string of the molecule is CCC(C)(C)OC(C)(C)CC.[K]. The maximum atomic E-state index is 5.92. The molecule has 0 aliphatic carbocycles. The minimum Gasteiger partial charge on any atom is -0.370 e. The third kappa shape index (κ3) is 7.04. The van der Waals surface area contributed by atoms with Crippen molar-refractivity contribution in [3.05, 3.63) is 0 Å². The van der Waals surface area contributed by atoms with Gasteiger partial charge in [-0.1, -0.05) is 13.8 Å². The maximum Gasteiger partial charge on any atom is 0.0631 e. The van der Waals surface area contributed by atoms with Crippen LogP contribution in [0.15, 0.2) is 0 Å². The molecule has 0 amide bonds. The van der Waals surface area contributed by atoms with E-state index in [0.717, 1.165) is 12.8 Å². The monoisotopic (exact) mass is 197 g/mol. The van der Waals surface area contributed by atoms with Gasteiger partial charge in [0.15, 0.2) is 0 Å². The van der Waals surface area contributed by atoms with Crippen LogP contribution in [0.5, 0.6) is 0 Å². The Balaban J connectivity index is 0. The standard InChI is InChI=1S/C10H22O.K/c1-7-9(3,4)11-10(5,6)8-2;/h7-8H2,1-6H3;. The van der Waals surface area contributed by atoms with Gasteiger partial charge in [-0.3, -0.25) is 0 Å². The van der Waals surface area contributed by atoms with E-state index in [2.05, 4.69) is 41.5 Å². The van der Waals surface area contributed by atoms with Gasteiger partial charge < -0.3 is 4.74 Å². The Kier molecular flexibility index (Phi) is 8.22. The van der Waals surface area contributed by atoms with Crippen molar-refractivity contribution in [3.63, 3.8) is 0 Å². The first-order valence-corrected chi connectivity index (χ1v) is 4.53. The third-order valence-corrected chi connectivity index (χ3v) is 2.26. The number of rotatable bonds is 4. The van der Waals surface area contributed by atoms with Gasteiger partial charge >= 0.3 is 0 Å². The van der Waals surface area contributed by atoms with E-state index in [1.165, 1.54) is 0 Å². The fourth-order valence-electron chi connectivity index (χ4n) is 0.892. The zero-order chi connectivity index (χ0) is 9.12. The molecule has 69 valence electrons. The van der Waals surface area contributed by atoms with Crippen molar-refractivity contribution in [2.75, 3.05) is 0 Å². The molecule has 12 heavy (non-hydrogen) atoms. The molecule has 0 fully saturated rings. The number of hydrogen-bond donors (Lipinski definition) is 0. The summed E-state index contributed by atoms with van der Waals surface area (Å²) in [7, 11) is 0. The Hall–Kier alpha value is 1.60. The second-order valence-electron chi connectivity index (χ2n) is 4.33. The maximum absolute atomic E-state index is 5.92. The van der Waals surface area contributed by atoms with Crippen molar-refractivity contribution >= 4 is 51.4 Å². The molecule has 0 rings (SSSR count). The van der Waals surface area contributed by atoms with Crippen LogP contribution in [0.1, 0.15) is 54.4 Å². The van der Waals surface area contributed by atoms with Crippen LogP contribution in [-0.4, -0.2) is 62.6 Å². The Morgan fingerprint density at radius 3 is 1.25 bits per heavy atom. The summed E-state index contributed by atoms with van der Waals surface area (Å²) < 4.78 is 5.92. The molecular formula is C10H22KO. The second kappa shape index (κ2) is 6.15. The molecule has 2 heteroatoms. The first kappa shape index (κ1) is 16.0. The topological polar surface area (TPSA) is 9.23 Å². The van der Waals surface area contributed by atoms with Crippen molar-refractivity contribution in [2.24, 2.45) is 0 Å². The van der Waals surface area contributed by atoms with Crippen LogP contribution in [0.4, 0.5) is 0 Å². The molecule has 0 aliphatic rings. The predicted molar refractivity (Wildman–Crippen MR) is 55.6 cm³/mol. The van der Waals surface area contributed by atoms with Crippen LogP contribution in [0.3, 0.4) is 0 Å². The van der Waals surface area contributed by atoms with Gasteiger partial charge in [0.25, 0.3) is 0 Å². The molecule has 0 saturated heterocycles. The first-order chi connectivity index (χ1) is 4.83. The summed E-state index contributed by atoms with van der Waals surface area (Å²) in [5, 5.41) is 0. The van der Waals surface area contributed by atoms with Crippen molar-refractivity contribution in [2.45, 2.75) is 65.6 Å². The van der Waals surface area contributed by atoms with Crippen molar-refractivity contribution in [3.8, 4) is 0 Å². The van der Waals surface area contributed by atoms with Gasteiger partial charge in [-0.2, -0.15) is 0 Å². The Morgan fingerprint density at radius 2 is 1.08 bits per heavy atom. The van der Waals surface area contributed by atoms with E-state index in [-0.39, 0.29) is 62.6 Å². The minimum atomic E-state index is 0. The zero-order valence-electron chi connectivity index (χ0n) is 9.82. The van der Waals surface area contributed by atoms with E-state index in [1.807, 2.05) is 0 Å². The van der Waals surface area contributed by atoms with E-state index in [9.17, 15) is 0 Å². The second-order valence-corrected chi connectivity index (χ2v) is 4.33. The molecule has 0 aromatic carbocycles. The molecule has 0 aromatic heterocycles. The largest absolute Gasteiger partial charge is 0.370 e. The summed E-state index contributed by atoms with van der Waals surface area (Å²) in [5.41, 5.74) is 0.0546. The molecular weight excluding hydrogens is 175 g/mol. The van der Waals surface area contributed by atoms with E-state index in [1.54, 1.807) is 0 Å². The summed E-state index contributed by atoms with van der Waals surface area (Å²) in [6, 6.07) is 0. The summed E-state index contributed by atoms with van der Waals surface area (Å²) in [4.78, 5) is 0. The van der Waals surface area contributed by atoms with E-state index in [0.29, 0.717) is 0 Å². The van der Waals surface area contributed by atoms with Crippen LogP contribution >= 0.6 is 0 Å². The molecule has 1 radical (unpaired) electrons. The fourth-order valence-corrected chi connectivity index (χ4v) is 0.892. The molecule has 0 atom stereocenters. The van der Waals surface area contributed by atoms with Gasteiger partial charge in [0, 0.05) is 51.4 Å². The van der Waals surface area contributed by atoms with Crippen LogP contribution < -0.4 is 0 Å². The van der Waals surface area contributed by atoms with E-state index >= 15 is 0 Å². The number of hydrogen-bond acceptors (Lipinski definition) is 1. The zero-order valence-corrected chi connectivity index (χ0v) is 12.9. The molecule has 0 unspecified atom stereocenters. The normalized spacial score (nSPS) is 12.5. The smallest absolute Gasteiger partial charge is 0.0631 e. The summed E-state index contributed by atoms with van der Waals surface area (Å²) in [6.45, 7) is 12.9. The Labute approximate surface area is 120 Å². The van der Waals surface area contributed by atoms with Gasteiger partial charge in [0.1, 0.15) is 0 Å². The molecule has 0 heterocycles. The third-order valence-electron chi connectivity index (χ3n) is 2.26. The average molecular weight is 197 g/mol. The molecule has 0 N–H and O–H groups in total. The fraction of sp³-hybridized carbons (Fsp3) is 1.00. The summed E-state index contributed by atoms with van der Waals surface area (Å²) >= 11 is 0. The molecule has 0 spiro atoms. The van der Waals surface area contributed by atoms with Crippen molar-refractivity contribution < 1.29 is 4.74 Å². The molecule has 0 bridgehead atoms. The van der Waals surface area contributed by atoms with Gasteiger partial charge in [0.2, 0.25) is 0 Å². The van der Waals surface area contributed by atoms with Gasteiger partial charge in [-0.15, -0.1) is 0 Å². The van der Waals surface area contributed by atoms with Crippen LogP contribution in [-0.2, 0) is 4.74 Å². The van der Waals surface area contributed by atoms with Crippen LogP contribution in [0.2, 0.25) is 0 Å². The van der Waals surface area contributed by atoms with Crippen LogP contribution in [0, 0.1) is 0 Å². The minimum absolute atomic E-state index is 0. The van der Waals surface area contributed by atoms with Crippen LogP contribution in [0.25, 0.3) is 0 Å². The van der Waals surface area contributed by atoms with Gasteiger partial charge in [0.05, 0.1) is 11.2 Å². The summed E-state index contributed by atoms with van der Waals surface area (Å²) in [6.07, 6.45) is 2.13. The molecule has 0 aromatic rings. The van der Waals surface area contributed by atoms with Gasteiger partial charge in [-0.05, 0) is 40.5 Å². The number of ether oxygens (including phenoxy) is 1. The Morgan fingerprint density at radius 1 is 0.833 bits per heavy atom. The Bertz CT molecular complexity index is 105. The summed E-state index contributed by atoms with van der Waals surface area (Å²) in [5.74, 6) is 0. The first-order valence-electron chi connectivity index (χ1n) is 4.53. The average Bonchev–Trinajstić information content (AvgIpc) is 1.86. The van der Waals surface area contributed by atoms with E-state index < -0.39 is 0 Å². The quantitative estimate of drug-likeness (QED) is 0.630. The van der Waals surface area contributed by atoms with E-state index in [4.69, 9.17) is 4.74 Å².